The molecule has 25 heavy (non-hydrogen) atoms. The zero-order chi connectivity index (χ0) is 18.2. The summed E-state index contributed by atoms with van der Waals surface area (Å²) in [6.45, 7) is 4.08. The summed E-state index contributed by atoms with van der Waals surface area (Å²) in [5.41, 5.74) is 1.14. The van der Waals surface area contributed by atoms with Gasteiger partial charge in [-0.05, 0) is 38.1 Å². The van der Waals surface area contributed by atoms with Crippen molar-refractivity contribution in [3.05, 3.63) is 46.7 Å². The topological polar surface area (TPSA) is 64.6 Å². The lowest BCUT2D eigenvalue weighted by atomic mass is 10.1. The van der Waals surface area contributed by atoms with Gasteiger partial charge in [-0.2, -0.15) is 0 Å². The smallest absolute Gasteiger partial charge is 0.264 e. The van der Waals surface area contributed by atoms with Crippen LogP contribution in [-0.4, -0.2) is 21.1 Å². The average Bonchev–Trinajstić information content (AvgIpc) is 2.86. The Morgan fingerprint density at radius 1 is 1.36 bits per heavy atom. The lowest BCUT2D eigenvalue weighted by Crippen LogP contribution is -2.15. The van der Waals surface area contributed by atoms with Gasteiger partial charge in [-0.25, -0.2) is 12.8 Å². The molecule has 5 nitrogen and oxygen atoms in total. The first-order valence-corrected chi connectivity index (χ1v) is 9.60. The van der Waals surface area contributed by atoms with E-state index in [4.69, 9.17) is 21.1 Å². The molecule has 1 atom stereocenters. The maximum Gasteiger partial charge on any atom is 0.264 e. The van der Waals surface area contributed by atoms with Gasteiger partial charge in [-0.1, -0.05) is 11.6 Å². The molecule has 0 radical (unpaired) electrons. The van der Waals surface area contributed by atoms with Crippen molar-refractivity contribution >= 4 is 27.3 Å². The van der Waals surface area contributed by atoms with Crippen molar-refractivity contribution in [1.29, 1.82) is 0 Å². The molecule has 0 amide bonds. The van der Waals surface area contributed by atoms with Gasteiger partial charge in [0.25, 0.3) is 10.0 Å². The van der Waals surface area contributed by atoms with Crippen LogP contribution in [0.5, 0.6) is 11.5 Å². The van der Waals surface area contributed by atoms with Crippen molar-refractivity contribution in [2.45, 2.75) is 31.3 Å². The molecular weight excluding hydrogens is 369 g/mol. The first-order chi connectivity index (χ1) is 11.8. The molecule has 1 N–H and O–H groups in total. The van der Waals surface area contributed by atoms with Crippen LogP contribution in [0.15, 0.2) is 35.2 Å². The van der Waals surface area contributed by atoms with Gasteiger partial charge in [-0.15, -0.1) is 0 Å². The van der Waals surface area contributed by atoms with E-state index >= 15 is 0 Å². The van der Waals surface area contributed by atoms with Crippen LogP contribution >= 0.6 is 11.6 Å². The molecule has 0 aromatic heterocycles. The summed E-state index contributed by atoms with van der Waals surface area (Å²) in [6, 6.07) is 6.70. The minimum atomic E-state index is -4.15. The predicted molar refractivity (Wildman–Crippen MR) is 93.6 cm³/mol. The van der Waals surface area contributed by atoms with Crippen molar-refractivity contribution in [3.63, 3.8) is 0 Å². The summed E-state index contributed by atoms with van der Waals surface area (Å²) < 4.78 is 52.7. The third kappa shape index (κ3) is 3.67. The molecule has 1 heterocycles. The first kappa shape index (κ1) is 17.8. The second-order valence-corrected chi connectivity index (χ2v) is 7.79. The Morgan fingerprint density at radius 3 is 2.80 bits per heavy atom. The van der Waals surface area contributed by atoms with Crippen LogP contribution in [0.1, 0.15) is 19.4 Å². The molecule has 8 heteroatoms. The second kappa shape index (κ2) is 6.72. The first-order valence-electron chi connectivity index (χ1n) is 7.74. The minimum absolute atomic E-state index is 0.00467. The summed E-state index contributed by atoms with van der Waals surface area (Å²) in [4.78, 5) is -0.492. The van der Waals surface area contributed by atoms with Gasteiger partial charge >= 0.3 is 0 Å². The van der Waals surface area contributed by atoms with Gasteiger partial charge in [0.05, 0.1) is 12.3 Å². The zero-order valence-electron chi connectivity index (χ0n) is 13.7. The van der Waals surface area contributed by atoms with Crippen molar-refractivity contribution in [2.75, 3.05) is 11.3 Å². The van der Waals surface area contributed by atoms with E-state index in [9.17, 15) is 12.8 Å². The molecule has 0 bridgehead atoms. The van der Waals surface area contributed by atoms with Gasteiger partial charge in [0.15, 0.2) is 0 Å². The van der Waals surface area contributed by atoms with E-state index in [-0.39, 0.29) is 16.8 Å². The molecule has 1 aliphatic rings. The van der Waals surface area contributed by atoms with Gasteiger partial charge in [-0.3, -0.25) is 4.72 Å². The standard InChI is InChI=1S/C17H17ClFNO4S/c1-3-23-16-7-11-6-10(2)24-15(11)9-14(16)20-25(21,22)17-5-4-12(18)8-13(17)19/h4-5,7-10,20H,3,6H2,1-2H3. The maximum absolute atomic E-state index is 14.0. The maximum atomic E-state index is 14.0. The fourth-order valence-corrected chi connectivity index (χ4v) is 3.97. The van der Waals surface area contributed by atoms with Crippen LogP contribution in [0.2, 0.25) is 5.02 Å². The Labute approximate surface area is 150 Å². The number of halogens is 2. The molecular formula is C17H17ClFNO4S. The Balaban J connectivity index is 2.00. The average molecular weight is 386 g/mol. The molecule has 134 valence electrons. The zero-order valence-corrected chi connectivity index (χ0v) is 15.2. The summed E-state index contributed by atoms with van der Waals surface area (Å²) in [7, 11) is -4.15. The highest BCUT2D eigenvalue weighted by Gasteiger charge is 2.25. The van der Waals surface area contributed by atoms with Gasteiger partial charge in [0.2, 0.25) is 0 Å². The monoisotopic (exact) mass is 385 g/mol. The Kier molecular flexibility index (Phi) is 4.79. The Hall–Kier alpha value is -1.99. The molecule has 1 unspecified atom stereocenters. The fraction of sp³-hybridized carbons (Fsp3) is 0.294. The lowest BCUT2D eigenvalue weighted by Gasteiger charge is -2.15. The SMILES string of the molecule is CCOc1cc2c(cc1NS(=O)(=O)c1ccc(Cl)cc1F)OC(C)C2. The van der Waals surface area contributed by atoms with E-state index in [2.05, 4.69) is 4.72 Å². The molecule has 3 rings (SSSR count). The highest BCUT2D eigenvalue weighted by Crippen LogP contribution is 2.39. The van der Waals surface area contributed by atoms with Crippen molar-refractivity contribution in [3.8, 4) is 11.5 Å². The third-order valence-corrected chi connectivity index (χ3v) is 5.36. The van der Waals surface area contributed by atoms with E-state index in [0.717, 1.165) is 17.7 Å². The number of rotatable bonds is 5. The lowest BCUT2D eigenvalue weighted by molar-refractivity contribution is 0.254. The Bertz CT molecular complexity index is 917. The molecule has 0 saturated carbocycles. The number of hydrogen-bond donors (Lipinski definition) is 1. The number of sulfonamides is 1. The predicted octanol–water partition coefficient (Wildman–Crippen LogP) is 4.00. The summed E-state index contributed by atoms with van der Waals surface area (Å²) in [5.74, 6) is 0.0334. The molecule has 0 saturated heterocycles. The van der Waals surface area contributed by atoms with Crippen molar-refractivity contribution < 1.29 is 22.3 Å². The highest BCUT2D eigenvalue weighted by molar-refractivity contribution is 7.92. The van der Waals surface area contributed by atoms with E-state index in [1.165, 1.54) is 6.07 Å². The fourth-order valence-electron chi connectivity index (χ4n) is 2.69. The van der Waals surface area contributed by atoms with Crippen LogP contribution in [0.4, 0.5) is 10.1 Å². The number of hydrogen-bond acceptors (Lipinski definition) is 4. The number of benzene rings is 2. The van der Waals surface area contributed by atoms with Crippen molar-refractivity contribution in [1.82, 2.24) is 0 Å². The van der Waals surface area contributed by atoms with Gasteiger partial charge in [0, 0.05) is 23.1 Å². The number of anilines is 1. The van der Waals surface area contributed by atoms with Gasteiger partial charge < -0.3 is 9.47 Å². The summed E-state index contributed by atoms with van der Waals surface area (Å²) >= 11 is 5.68. The van der Waals surface area contributed by atoms with E-state index in [1.54, 1.807) is 19.1 Å². The van der Waals surface area contributed by atoms with E-state index in [1.807, 2.05) is 6.92 Å². The molecule has 2 aromatic rings. The third-order valence-electron chi connectivity index (χ3n) is 3.73. The second-order valence-electron chi connectivity index (χ2n) is 5.70. The van der Waals surface area contributed by atoms with Crippen LogP contribution < -0.4 is 14.2 Å². The molecule has 2 aromatic carbocycles. The molecule has 0 spiro atoms. The molecule has 0 aliphatic carbocycles. The Morgan fingerprint density at radius 2 is 2.12 bits per heavy atom. The highest BCUT2D eigenvalue weighted by atomic mass is 35.5. The number of fused-ring (bicyclic) bond motifs is 1. The van der Waals surface area contributed by atoms with Crippen LogP contribution in [0.3, 0.4) is 0 Å². The largest absolute Gasteiger partial charge is 0.492 e. The van der Waals surface area contributed by atoms with Crippen LogP contribution in [0, 0.1) is 5.82 Å². The summed E-state index contributed by atoms with van der Waals surface area (Å²) in [5, 5.41) is 0.117. The van der Waals surface area contributed by atoms with Crippen LogP contribution in [0.25, 0.3) is 0 Å². The normalized spacial score (nSPS) is 16.2. The van der Waals surface area contributed by atoms with E-state index < -0.39 is 20.7 Å². The summed E-state index contributed by atoms with van der Waals surface area (Å²) in [6.07, 6.45) is 0.721. The quantitative estimate of drug-likeness (QED) is 0.844. The minimum Gasteiger partial charge on any atom is -0.492 e. The number of ether oxygens (including phenoxy) is 2. The van der Waals surface area contributed by atoms with Crippen LogP contribution in [-0.2, 0) is 16.4 Å². The van der Waals surface area contributed by atoms with Gasteiger partial charge in [0.1, 0.15) is 28.3 Å². The van der Waals surface area contributed by atoms with E-state index in [0.29, 0.717) is 24.5 Å². The number of nitrogens with one attached hydrogen (secondary N) is 1. The molecule has 0 fully saturated rings. The molecule has 1 aliphatic heterocycles. The van der Waals surface area contributed by atoms with Crippen molar-refractivity contribution in [2.24, 2.45) is 0 Å².